The Hall–Kier alpha value is -2.83. The van der Waals surface area contributed by atoms with Crippen LogP contribution in [-0.2, 0) is 6.54 Å². The predicted octanol–water partition coefficient (Wildman–Crippen LogP) is 1.50. The molecule has 2 heterocycles. The third kappa shape index (κ3) is 2.33. The highest BCUT2D eigenvalue weighted by molar-refractivity contribution is 5.70. The number of aromatic nitrogens is 5. The van der Waals surface area contributed by atoms with E-state index in [1.807, 2.05) is 31.2 Å². The number of carbonyl (C=O) groups is 1. The second kappa shape index (κ2) is 5.04. The first-order valence-electron chi connectivity index (χ1n) is 6.00. The van der Waals surface area contributed by atoms with E-state index in [1.165, 1.54) is 10.9 Å². The maximum absolute atomic E-state index is 10.5. The first kappa shape index (κ1) is 12.2. The van der Waals surface area contributed by atoms with E-state index in [2.05, 4.69) is 20.5 Å². The quantitative estimate of drug-likeness (QED) is 0.667. The van der Waals surface area contributed by atoms with Crippen molar-refractivity contribution in [2.75, 3.05) is 0 Å². The lowest BCUT2D eigenvalue weighted by atomic mass is 10.1. The Morgan fingerprint density at radius 3 is 2.95 bits per heavy atom. The molecule has 7 nitrogen and oxygen atoms in total. The average Bonchev–Trinajstić information content (AvgIpc) is 3.09. The van der Waals surface area contributed by atoms with Gasteiger partial charge in [0, 0.05) is 5.56 Å². The first-order valence-corrected chi connectivity index (χ1v) is 6.00. The minimum atomic E-state index is 0.267. The molecule has 0 N–H and O–H groups in total. The highest BCUT2D eigenvalue weighted by Crippen LogP contribution is 2.19. The third-order valence-electron chi connectivity index (χ3n) is 2.83. The van der Waals surface area contributed by atoms with Crippen LogP contribution in [0.25, 0.3) is 11.4 Å². The fourth-order valence-electron chi connectivity index (χ4n) is 1.84. The molecular weight excluding hydrogens is 258 g/mol. The van der Waals surface area contributed by atoms with Crippen LogP contribution in [0, 0.1) is 6.92 Å². The highest BCUT2D eigenvalue weighted by Gasteiger charge is 2.11. The number of benzene rings is 1. The molecule has 0 amide bonds. The number of carbonyl (C=O) groups excluding carboxylic acids is 1. The summed E-state index contributed by atoms with van der Waals surface area (Å²) in [7, 11) is 0. The molecular formula is C13H11N5O2. The largest absolute Gasteiger partial charge is 0.337 e. The van der Waals surface area contributed by atoms with Gasteiger partial charge in [0.1, 0.15) is 12.2 Å². The number of nitrogens with zero attached hydrogens (tertiary/aromatic N) is 5. The molecule has 0 fully saturated rings. The molecule has 20 heavy (non-hydrogen) atoms. The van der Waals surface area contributed by atoms with Gasteiger partial charge >= 0.3 is 0 Å². The number of hydrogen-bond acceptors (Lipinski definition) is 6. The average molecular weight is 269 g/mol. The van der Waals surface area contributed by atoms with Crippen LogP contribution in [0.1, 0.15) is 21.9 Å². The highest BCUT2D eigenvalue weighted by atomic mass is 16.5. The Morgan fingerprint density at radius 2 is 2.20 bits per heavy atom. The molecule has 0 spiro atoms. The molecule has 0 saturated carbocycles. The Kier molecular flexibility index (Phi) is 3.08. The second-order valence-corrected chi connectivity index (χ2v) is 4.29. The lowest BCUT2D eigenvalue weighted by molar-refractivity contribution is 0.111. The summed E-state index contributed by atoms with van der Waals surface area (Å²) in [6.45, 7) is 2.26. The van der Waals surface area contributed by atoms with Crippen LogP contribution in [-0.4, -0.2) is 31.4 Å². The fraction of sp³-hybridized carbons (Fsp3) is 0.154. The maximum atomic E-state index is 10.5. The summed E-state index contributed by atoms with van der Waals surface area (Å²) in [5.74, 6) is 0.944. The maximum Gasteiger partial charge on any atom is 0.248 e. The Morgan fingerprint density at radius 1 is 1.35 bits per heavy atom. The van der Waals surface area contributed by atoms with E-state index in [1.54, 1.807) is 0 Å². The van der Waals surface area contributed by atoms with Crippen molar-refractivity contribution in [2.24, 2.45) is 0 Å². The van der Waals surface area contributed by atoms with Crippen molar-refractivity contribution in [1.82, 2.24) is 25.1 Å². The van der Waals surface area contributed by atoms with E-state index in [0.717, 1.165) is 11.1 Å². The van der Waals surface area contributed by atoms with Crippen molar-refractivity contribution in [3.05, 3.63) is 47.6 Å². The summed E-state index contributed by atoms with van der Waals surface area (Å²) in [6, 6.07) is 7.80. The van der Waals surface area contributed by atoms with Gasteiger partial charge in [0.2, 0.25) is 11.7 Å². The number of aldehydes is 1. The first-order chi connectivity index (χ1) is 9.76. The van der Waals surface area contributed by atoms with Gasteiger partial charge in [0.05, 0.1) is 6.20 Å². The van der Waals surface area contributed by atoms with Crippen LogP contribution >= 0.6 is 0 Å². The molecule has 0 saturated heterocycles. The fourth-order valence-corrected chi connectivity index (χ4v) is 1.84. The molecule has 100 valence electrons. The number of rotatable bonds is 4. The summed E-state index contributed by atoms with van der Waals surface area (Å²) in [4.78, 5) is 14.8. The van der Waals surface area contributed by atoms with Crippen molar-refractivity contribution in [3.63, 3.8) is 0 Å². The van der Waals surface area contributed by atoms with Crippen LogP contribution in [0.5, 0.6) is 0 Å². The van der Waals surface area contributed by atoms with Crippen LogP contribution in [0.4, 0.5) is 0 Å². The standard InChI is InChI=1S/C13H11N5O2/c1-9-4-2-3-5-11(9)13-14-12(20-16-13)7-18-6-10(8-19)15-17-18/h2-6,8H,7H2,1H3. The molecule has 3 rings (SSSR count). The van der Waals surface area contributed by atoms with Gasteiger partial charge in [0.15, 0.2) is 6.29 Å². The van der Waals surface area contributed by atoms with Crippen molar-refractivity contribution < 1.29 is 9.32 Å². The van der Waals surface area contributed by atoms with Gasteiger partial charge in [-0.2, -0.15) is 4.98 Å². The molecule has 0 aliphatic carbocycles. The van der Waals surface area contributed by atoms with Crippen LogP contribution < -0.4 is 0 Å². The van der Waals surface area contributed by atoms with Gasteiger partial charge in [-0.25, -0.2) is 4.68 Å². The van der Waals surface area contributed by atoms with Crippen molar-refractivity contribution in [3.8, 4) is 11.4 Å². The van der Waals surface area contributed by atoms with Crippen molar-refractivity contribution >= 4 is 6.29 Å². The van der Waals surface area contributed by atoms with Gasteiger partial charge in [0.25, 0.3) is 0 Å². The molecule has 0 atom stereocenters. The molecule has 0 bridgehead atoms. The lowest BCUT2D eigenvalue weighted by Gasteiger charge is -1.98. The zero-order valence-electron chi connectivity index (χ0n) is 10.7. The number of aryl methyl sites for hydroxylation is 1. The van der Waals surface area contributed by atoms with E-state index in [4.69, 9.17) is 4.52 Å². The summed E-state index contributed by atoms with van der Waals surface area (Å²) >= 11 is 0. The van der Waals surface area contributed by atoms with Crippen molar-refractivity contribution in [2.45, 2.75) is 13.5 Å². The smallest absolute Gasteiger partial charge is 0.248 e. The lowest BCUT2D eigenvalue weighted by Crippen LogP contribution is -2.00. The zero-order chi connectivity index (χ0) is 13.9. The Balaban J connectivity index is 1.83. The van der Waals surface area contributed by atoms with E-state index in [-0.39, 0.29) is 12.2 Å². The monoisotopic (exact) mass is 269 g/mol. The van der Waals surface area contributed by atoms with Gasteiger partial charge < -0.3 is 4.52 Å². The van der Waals surface area contributed by atoms with E-state index < -0.39 is 0 Å². The second-order valence-electron chi connectivity index (χ2n) is 4.29. The normalized spacial score (nSPS) is 10.7. The summed E-state index contributed by atoms with van der Waals surface area (Å²) < 4.78 is 6.65. The molecule has 1 aromatic carbocycles. The number of hydrogen-bond donors (Lipinski definition) is 0. The Labute approximate surface area is 114 Å². The topological polar surface area (TPSA) is 86.7 Å². The van der Waals surface area contributed by atoms with E-state index >= 15 is 0 Å². The van der Waals surface area contributed by atoms with Crippen molar-refractivity contribution in [1.29, 1.82) is 0 Å². The predicted molar refractivity (Wildman–Crippen MR) is 69.0 cm³/mol. The van der Waals surface area contributed by atoms with Gasteiger partial charge in [-0.05, 0) is 12.5 Å². The minimum Gasteiger partial charge on any atom is -0.337 e. The Bertz CT molecular complexity index is 747. The molecule has 7 heteroatoms. The molecule has 3 aromatic rings. The van der Waals surface area contributed by atoms with Crippen LogP contribution in [0.3, 0.4) is 0 Å². The molecule has 0 radical (unpaired) electrons. The summed E-state index contributed by atoms with van der Waals surface area (Å²) in [5.41, 5.74) is 2.27. The van der Waals surface area contributed by atoms with Crippen LogP contribution in [0.15, 0.2) is 35.0 Å². The molecule has 0 aliphatic heterocycles. The van der Waals surface area contributed by atoms with Gasteiger partial charge in [-0.15, -0.1) is 5.10 Å². The van der Waals surface area contributed by atoms with E-state index in [9.17, 15) is 4.79 Å². The SMILES string of the molecule is Cc1ccccc1-c1noc(Cn2cc(C=O)nn2)n1. The molecule has 0 unspecified atom stereocenters. The van der Waals surface area contributed by atoms with Crippen LogP contribution in [0.2, 0.25) is 0 Å². The minimum absolute atomic E-state index is 0.267. The summed E-state index contributed by atoms with van der Waals surface area (Å²) in [5, 5.41) is 11.4. The van der Waals surface area contributed by atoms with E-state index in [0.29, 0.717) is 18.0 Å². The summed E-state index contributed by atoms with van der Waals surface area (Å²) in [6.07, 6.45) is 2.15. The van der Waals surface area contributed by atoms with Gasteiger partial charge in [-0.3, -0.25) is 4.79 Å². The van der Waals surface area contributed by atoms with Gasteiger partial charge in [-0.1, -0.05) is 34.6 Å². The zero-order valence-corrected chi connectivity index (χ0v) is 10.7. The molecule has 0 aliphatic rings. The molecule has 2 aromatic heterocycles. The third-order valence-corrected chi connectivity index (χ3v) is 2.83.